The predicted octanol–water partition coefficient (Wildman–Crippen LogP) is 3.38. The lowest BCUT2D eigenvalue weighted by Crippen LogP contribution is -2.36. The van der Waals surface area contributed by atoms with Gasteiger partial charge in [-0.2, -0.15) is 0 Å². The van der Waals surface area contributed by atoms with Crippen LogP contribution in [0.1, 0.15) is 45.6 Å². The second-order valence-corrected chi connectivity index (χ2v) is 6.24. The van der Waals surface area contributed by atoms with Crippen molar-refractivity contribution in [3.8, 4) is 5.75 Å². The average Bonchev–Trinajstić information content (AvgIpc) is 2.34. The number of anilines is 1. The van der Waals surface area contributed by atoms with E-state index in [2.05, 4.69) is 57.8 Å². The van der Waals surface area contributed by atoms with Gasteiger partial charge in [-0.3, -0.25) is 0 Å². The number of ether oxygens (including phenoxy) is 1. The topological polar surface area (TPSA) is 38.5 Å². The third-order valence-electron chi connectivity index (χ3n) is 3.37. The third kappa shape index (κ3) is 4.75. The highest BCUT2D eigenvalue weighted by Crippen LogP contribution is 2.30. The van der Waals surface area contributed by atoms with E-state index in [4.69, 9.17) is 10.5 Å². The van der Waals surface area contributed by atoms with Crippen molar-refractivity contribution in [3.05, 3.63) is 23.8 Å². The molecule has 19 heavy (non-hydrogen) atoms. The van der Waals surface area contributed by atoms with E-state index in [9.17, 15) is 0 Å². The fourth-order valence-corrected chi connectivity index (χ4v) is 2.00. The van der Waals surface area contributed by atoms with Crippen LogP contribution in [0.2, 0.25) is 0 Å². The Hall–Kier alpha value is -1.22. The normalized spacial score (nSPS) is 11.8. The van der Waals surface area contributed by atoms with Gasteiger partial charge in [-0.25, -0.2) is 0 Å². The minimum Gasteiger partial charge on any atom is -0.496 e. The Morgan fingerprint density at radius 2 is 1.95 bits per heavy atom. The average molecular weight is 264 g/mol. The molecule has 3 heteroatoms. The first kappa shape index (κ1) is 15.8. The molecule has 2 N–H and O–H groups in total. The summed E-state index contributed by atoms with van der Waals surface area (Å²) in [5.41, 5.74) is 8.38. The Morgan fingerprint density at radius 1 is 1.32 bits per heavy atom. The van der Waals surface area contributed by atoms with Gasteiger partial charge >= 0.3 is 0 Å². The molecule has 0 aliphatic heterocycles. The molecule has 1 aromatic carbocycles. The molecular weight excluding hydrogens is 236 g/mol. The molecular formula is C16H28N2O. The quantitative estimate of drug-likeness (QED) is 0.856. The summed E-state index contributed by atoms with van der Waals surface area (Å²) < 4.78 is 5.42. The second kappa shape index (κ2) is 6.29. The van der Waals surface area contributed by atoms with Crippen LogP contribution in [0.5, 0.6) is 5.75 Å². The number of hydrogen-bond donors (Lipinski definition) is 1. The van der Waals surface area contributed by atoms with Gasteiger partial charge in [-0.05, 0) is 49.9 Å². The van der Waals surface area contributed by atoms with E-state index in [0.717, 1.165) is 18.7 Å². The lowest BCUT2D eigenvalue weighted by atomic mass is 10.00. The largest absolute Gasteiger partial charge is 0.496 e. The first-order valence-electron chi connectivity index (χ1n) is 6.92. The van der Waals surface area contributed by atoms with E-state index in [1.165, 1.54) is 11.3 Å². The zero-order chi connectivity index (χ0) is 14.6. The fraction of sp³-hybridized carbons (Fsp3) is 0.625. The van der Waals surface area contributed by atoms with Crippen molar-refractivity contribution in [1.82, 2.24) is 0 Å². The molecule has 1 rings (SSSR count). The molecule has 0 bridgehead atoms. The van der Waals surface area contributed by atoms with Crippen molar-refractivity contribution in [2.45, 2.75) is 45.6 Å². The van der Waals surface area contributed by atoms with E-state index < -0.39 is 0 Å². The van der Waals surface area contributed by atoms with Crippen molar-refractivity contribution >= 4 is 5.69 Å². The standard InChI is InChI=1S/C16H28N2O/c1-12(2)14-11-13(7-8-15(14)19-6)18(5)10-9-16(3,4)17/h7-8,11-12H,9-10,17H2,1-6H3. The summed E-state index contributed by atoms with van der Waals surface area (Å²) in [6.07, 6.45) is 0.965. The lowest BCUT2D eigenvalue weighted by molar-refractivity contribution is 0.407. The molecule has 0 atom stereocenters. The maximum Gasteiger partial charge on any atom is 0.122 e. The van der Waals surface area contributed by atoms with Gasteiger partial charge in [0, 0.05) is 24.8 Å². The van der Waals surface area contributed by atoms with Crippen LogP contribution in [0.3, 0.4) is 0 Å². The molecule has 0 spiro atoms. The highest BCUT2D eigenvalue weighted by Gasteiger charge is 2.14. The molecule has 0 radical (unpaired) electrons. The summed E-state index contributed by atoms with van der Waals surface area (Å²) in [7, 11) is 3.83. The minimum atomic E-state index is -0.123. The van der Waals surface area contributed by atoms with Gasteiger partial charge in [-0.1, -0.05) is 13.8 Å². The van der Waals surface area contributed by atoms with Crippen molar-refractivity contribution < 1.29 is 4.74 Å². The van der Waals surface area contributed by atoms with Crippen LogP contribution in [0.25, 0.3) is 0 Å². The predicted molar refractivity (Wildman–Crippen MR) is 83.2 cm³/mol. The van der Waals surface area contributed by atoms with Gasteiger partial charge in [0.1, 0.15) is 5.75 Å². The smallest absolute Gasteiger partial charge is 0.122 e. The highest BCUT2D eigenvalue weighted by molar-refractivity contribution is 5.53. The number of nitrogens with zero attached hydrogens (tertiary/aromatic N) is 1. The summed E-state index contributed by atoms with van der Waals surface area (Å²) in [6, 6.07) is 6.37. The van der Waals surface area contributed by atoms with Gasteiger partial charge in [-0.15, -0.1) is 0 Å². The molecule has 0 saturated heterocycles. The molecule has 0 aromatic heterocycles. The Balaban J connectivity index is 2.86. The van der Waals surface area contributed by atoms with Gasteiger partial charge in [0.05, 0.1) is 7.11 Å². The van der Waals surface area contributed by atoms with Crippen LogP contribution in [0, 0.1) is 0 Å². The van der Waals surface area contributed by atoms with Crippen molar-refractivity contribution in [2.75, 3.05) is 25.6 Å². The highest BCUT2D eigenvalue weighted by atomic mass is 16.5. The molecule has 3 nitrogen and oxygen atoms in total. The molecule has 0 amide bonds. The molecule has 1 aromatic rings. The third-order valence-corrected chi connectivity index (χ3v) is 3.37. The number of nitrogens with two attached hydrogens (primary N) is 1. The van der Waals surface area contributed by atoms with Crippen molar-refractivity contribution in [3.63, 3.8) is 0 Å². The molecule has 108 valence electrons. The fourth-order valence-electron chi connectivity index (χ4n) is 2.00. The van der Waals surface area contributed by atoms with Gasteiger partial charge < -0.3 is 15.4 Å². The molecule has 0 saturated carbocycles. The maximum absolute atomic E-state index is 6.04. The minimum absolute atomic E-state index is 0.123. The number of benzene rings is 1. The van der Waals surface area contributed by atoms with Gasteiger partial charge in [0.2, 0.25) is 0 Å². The van der Waals surface area contributed by atoms with Crippen LogP contribution < -0.4 is 15.4 Å². The zero-order valence-electron chi connectivity index (χ0n) is 13.2. The molecule has 0 heterocycles. The SMILES string of the molecule is COc1ccc(N(C)CCC(C)(C)N)cc1C(C)C. The summed E-state index contributed by atoms with van der Waals surface area (Å²) >= 11 is 0. The van der Waals surface area contributed by atoms with Gasteiger partial charge in [0.25, 0.3) is 0 Å². The molecule has 0 aliphatic carbocycles. The van der Waals surface area contributed by atoms with E-state index in [1.54, 1.807) is 7.11 Å². The van der Waals surface area contributed by atoms with Gasteiger partial charge in [0.15, 0.2) is 0 Å². The van der Waals surface area contributed by atoms with Crippen molar-refractivity contribution in [1.29, 1.82) is 0 Å². The van der Waals surface area contributed by atoms with E-state index in [1.807, 2.05) is 0 Å². The Bertz CT molecular complexity index is 408. The first-order chi connectivity index (χ1) is 8.74. The Labute approximate surface area is 117 Å². The number of methoxy groups -OCH3 is 1. The monoisotopic (exact) mass is 264 g/mol. The Morgan fingerprint density at radius 3 is 2.42 bits per heavy atom. The molecule has 0 fully saturated rings. The van der Waals surface area contributed by atoms with E-state index in [0.29, 0.717) is 5.92 Å². The summed E-state index contributed by atoms with van der Waals surface area (Å²) in [6.45, 7) is 9.45. The first-order valence-corrected chi connectivity index (χ1v) is 6.92. The summed E-state index contributed by atoms with van der Waals surface area (Å²) in [5, 5.41) is 0. The number of hydrogen-bond acceptors (Lipinski definition) is 3. The van der Waals surface area contributed by atoms with E-state index >= 15 is 0 Å². The summed E-state index contributed by atoms with van der Waals surface area (Å²) in [4.78, 5) is 2.25. The van der Waals surface area contributed by atoms with Crippen LogP contribution in [0.4, 0.5) is 5.69 Å². The van der Waals surface area contributed by atoms with Crippen LogP contribution in [-0.4, -0.2) is 26.2 Å². The Kier molecular flexibility index (Phi) is 5.24. The molecule has 0 unspecified atom stereocenters. The van der Waals surface area contributed by atoms with Crippen molar-refractivity contribution in [2.24, 2.45) is 5.73 Å². The van der Waals surface area contributed by atoms with Crippen LogP contribution in [-0.2, 0) is 0 Å². The lowest BCUT2D eigenvalue weighted by Gasteiger charge is -2.26. The molecule has 0 aliphatic rings. The van der Waals surface area contributed by atoms with Crippen LogP contribution in [0.15, 0.2) is 18.2 Å². The number of rotatable bonds is 6. The maximum atomic E-state index is 6.04. The second-order valence-electron chi connectivity index (χ2n) is 6.24. The van der Waals surface area contributed by atoms with Crippen LogP contribution >= 0.6 is 0 Å². The van der Waals surface area contributed by atoms with E-state index in [-0.39, 0.29) is 5.54 Å². The summed E-state index contributed by atoms with van der Waals surface area (Å²) in [5.74, 6) is 1.42. The zero-order valence-corrected chi connectivity index (χ0v) is 13.2.